The number of rotatable bonds is 13. The molecule has 0 bridgehead atoms. The molecule has 2 unspecified atom stereocenters. The van der Waals surface area contributed by atoms with Crippen LogP contribution in [0, 0.1) is 11.3 Å². The Kier molecular flexibility index (Phi) is 14.8. The molecule has 0 spiro atoms. The molecule has 2 atom stereocenters. The zero-order valence-electron chi connectivity index (χ0n) is 31.6. The second-order valence-corrected chi connectivity index (χ2v) is 15.2. The number of hydrogen-bond donors (Lipinski definition) is 3. The van der Waals surface area contributed by atoms with Crippen molar-refractivity contribution in [2.75, 3.05) is 32.1 Å². The maximum absolute atomic E-state index is 13.9. The lowest BCUT2D eigenvalue weighted by atomic mass is 9.97. The molecule has 1 saturated heterocycles. The minimum absolute atomic E-state index is 0.0630. The molecule has 51 heavy (non-hydrogen) atoms. The van der Waals surface area contributed by atoms with Crippen molar-refractivity contribution in [1.29, 1.82) is 0 Å². The van der Waals surface area contributed by atoms with Gasteiger partial charge in [-0.25, -0.2) is 4.98 Å². The van der Waals surface area contributed by atoms with Gasteiger partial charge in [-0.05, 0) is 61.3 Å². The molecule has 3 aromatic rings. The van der Waals surface area contributed by atoms with Crippen LogP contribution >= 0.6 is 0 Å². The van der Waals surface area contributed by atoms with E-state index >= 15 is 0 Å². The third-order valence-electron chi connectivity index (χ3n) is 7.99. The van der Waals surface area contributed by atoms with Gasteiger partial charge in [0.05, 0.1) is 26.7 Å². The Bertz CT molecular complexity index is 1570. The SMILES string of the molecule is CC(C)(C)C.COc1ccc(C(C(=O)N2CCC(C)CC2)n2cnc(NC(=O)C(COCc3ccccc3)NC(=O)C(C)(C)NC(C)=O)c2)cc1. The first kappa shape index (κ1) is 40.7. The lowest BCUT2D eigenvalue weighted by Crippen LogP contribution is -2.59. The van der Waals surface area contributed by atoms with Crippen molar-refractivity contribution in [1.82, 2.24) is 25.1 Å². The van der Waals surface area contributed by atoms with Crippen molar-refractivity contribution in [3.63, 3.8) is 0 Å². The van der Waals surface area contributed by atoms with E-state index in [1.165, 1.54) is 13.3 Å². The molecule has 3 N–H and O–H groups in total. The normalized spacial score (nSPS) is 14.7. The number of nitrogens with zero attached hydrogens (tertiary/aromatic N) is 3. The van der Waals surface area contributed by atoms with Gasteiger partial charge in [-0.3, -0.25) is 19.2 Å². The summed E-state index contributed by atoms with van der Waals surface area (Å²) in [7, 11) is 1.58. The van der Waals surface area contributed by atoms with Crippen molar-refractivity contribution in [3.8, 4) is 5.75 Å². The molecule has 0 radical (unpaired) electrons. The zero-order chi connectivity index (χ0) is 37.8. The summed E-state index contributed by atoms with van der Waals surface area (Å²) in [5.74, 6) is -0.136. The molecule has 2 aromatic carbocycles. The van der Waals surface area contributed by atoms with E-state index in [4.69, 9.17) is 9.47 Å². The fraction of sp³-hybridized carbons (Fsp3) is 0.513. The maximum Gasteiger partial charge on any atom is 0.250 e. The summed E-state index contributed by atoms with van der Waals surface area (Å²) in [6.45, 7) is 16.8. The van der Waals surface area contributed by atoms with E-state index < -0.39 is 29.4 Å². The number of likely N-dealkylation sites (tertiary alicyclic amines) is 1. The van der Waals surface area contributed by atoms with E-state index in [1.807, 2.05) is 47.4 Å². The second-order valence-electron chi connectivity index (χ2n) is 15.2. The average Bonchev–Trinajstić information content (AvgIpc) is 3.51. The van der Waals surface area contributed by atoms with Crippen LogP contribution in [0.15, 0.2) is 67.1 Å². The summed E-state index contributed by atoms with van der Waals surface area (Å²) < 4.78 is 12.8. The standard InChI is InChI=1S/C34H44N6O6.C5H12/c1-23-15-17-39(18-16-23)32(43)30(26-11-13-27(45-5)14-12-26)40-19-29(35-22-40)37-31(42)28(21-46-20-25-9-7-6-8-10-25)36-33(44)34(3,4)38-24(2)41;1-5(2,3)4/h6-14,19,22-23,28,30H,15-18,20-21H2,1-5H3,(H,36,44)(H,37,42)(H,38,41);1-4H3. The van der Waals surface area contributed by atoms with Crippen molar-refractivity contribution in [2.45, 2.75) is 92.5 Å². The van der Waals surface area contributed by atoms with Crippen LogP contribution in [0.3, 0.4) is 0 Å². The Morgan fingerprint density at radius 3 is 2.12 bits per heavy atom. The average molecular weight is 705 g/mol. The van der Waals surface area contributed by atoms with Gasteiger partial charge < -0.3 is 34.9 Å². The number of benzene rings is 2. The van der Waals surface area contributed by atoms with E-state index in [2.05, 4.69) is 55.6 Å². The molecule has 4 rings (SSSR count). The number of carbonyl (C=O) groups excluding carboxylic acids is 4. The number of hydrogen-bond acceptors (Lipinski definition) is 7. The van der Waals surface area contributed by atoms with Crippen LogP contribution in [-0.4, -0.2) is 76.5 Å². The summed E-state index contributed by atoms with van der Waals surface area (Å²) in [5, 5.41) is 8.05. The Morgan fingerprint density at radius 1 is 0.941 bits per heavy atom. The van der Waals surface area contributed by atoms with Crippen molar-refractivity contribution in [3.05, 3.63) is 78.2 Å². The molecule has 2 heterocycles. The second kappa shape index (κ2) is 18.5. The predicted octanol–water partition coefficient (Wildman–Crippen LogP) is 5.35. The lowest BCUT2D eigenvalue weighted by molar-refractivity contribution is -0.135. The van der Waals surface area contributed by atoms with Gasteiger partial charge in [-0.2, -0.15) is 0 Å². The van der Waals surface area contributed by atoms with E-state index in [0.29, 0.717) is 30.2 Å². The summed E-state index contributed by atoms with van der Waals surface area (Å²) in [5.41, 5.74) is 0.880. The summed E-state index contributed by atoms with van der Waals surface area (Å²) in [4.78, 5) is 58.5. The molecular weight excluding hydrogens is 648 g/mol. The molecule has 0 aliphatic carbocycles. The molecule has 1 aliphatic heterocycles. The van der Waals surface area contributed by atoms with E-state index in [-0.39, 0.29) is 30.8 Å². The summed E-state index contributed by atoms with van der Waals surface area (Å²) in [6.07, 6.45) is 4.98. The van der Waals surface area contributed by atoms with Gasteiger partial charge in [0, 0.05) is 26.2 Å². The van der Waals surface area contributed by atoms with Crippen molar-refractivity contribution >= 4 is 29.4 Å². The smallest absolute Gasteiger partial charge is 0.250 e. The molecule has 12 nitrogen and oxygen atoms in total. The highest BCUT2D eigenvalue weighted by Gasteiger charge is 2.33. The molecule has 1 aliphatic rings. The van der Waals surface area contributed by atoms with Gasteiger partial charge in [0.2, 0.25) is 17.7 Å². The molecule has 1 aromatic heterocycles. The Labute approximate surface area is 302 Å². The number of methoxy groups -OCH3 is 1. The van der Waals surface area contributed by atoms with E-state index in [9.17, 15) is 19.2 Å². The number of amides is 4. The highest BCUT2D eigenvalue weighted by Crippen LogP contribution is 2.27. The van der Waals surface area contributed by atoms with Gasteiger partial charge in [-0.15, -0.1) is 0 Å². The van der Waals surface area contributed by atoms with Crippen molar-refractivity contribution < 1.29 is 28.7 Å². The maximum atomic E-state index is 13.9. The fourth-order valence-electron chi connectivity index (χ4n) is 5.27. The number of aromatic nitrogens is 2. The van der Waals surface area contributed by atoms with Gasteiger partial charge in [-0.1, -0.05) is 77.1 Å². The third kappa shape index (κ3) is 13.5. The minimum Gasteiger partial charge on any atom is -0.497 e. The first-order valence-corrected chi connectivity index (χ1v) is 17.4. The highest BCUT2D eigenvalue weighted by molar-refractivity contribution is 5.99. The minimum atomic E-state index is -1.27. The van der Waals surface area contributed by atoms with Gasteiger partial charge in [0.1, 0.15) is 23.4 Å². The Balaban J connectivity index is 0.00000131. The predicted molar refractivity (Wildman–Crippen MR) is 198 cm³/mol. The molecule has 278 valence electrons. The van der Waals surface area contributed by atoms with Crippen LogP contribution in [0.2, 0.25) is 0 Å². The van der Waals surface area contributed by atoms with Crippen LogP contribution in [0.1, 0.15) is 85.4 Å². The van der Waals surface area contributed by atoms with E-state index in [0.717, 1.165) is 24.0 Å². The molecule has 0 saturated carbocycles. The first-order chi connectivity index (χ1) is 24.0. The summed E-state index contributed by atoms with van der Waals surface area (Å²) >= 11 is 0. The van der Waals surface area contributed by atoms with E-state index in [1.54, 1.807) is 43.9 Å². The number of anilines is 1. The van der Waals surface area contributed by atoms with Gasteiger partial charge in [0.15, 0.2) is 5.82 Å². The van der Waals surface area contributed by atoms with Crippen LogP contribution in [-0.2, 0) is 30.5 Å². The monoisotopic (exact) mass is 704 g/mol. The summed E-state index contributed by atoms with van der Waals surface area (Å²) in [6, 6.07) is 14.9. The number of imidazole rings is 1. The number of nitrogens with one attached hydrogen (secondary N) is 3. The largest absolute Gasteiger partial charge is 0.497 e. The number of carbonyl (C=O) groups is 4. The number of ether oxygens (including phenoxy) is 2. The van der Waals surface area contributed by atoms with Crippen molar-refractivity contribution in [2.24, 2.45) is 11.3 Å². The quantitative estimate of drug-likeness (QED) is 0.218. The molecular formula is C39H56N6O6. The number of piperidine rings is 1. The Morgan fingerprint density at radius 2 is 1.55 bits per heavy atom. The van der Waals surface area contributed by atoms with Gasteiger partial charge >= 0.3 is 0 Å². The van der Waals surface area contributed by atoms with Crippen LogP contribution in [0.4, 0.5) is 5.82 Å². The van der Waals surface area contributed by atoms with Gasteiger partial charge in [0.25, 0.3) is 5.91 Å². The molecule has 1 fully saturated rings. The fourth-order valence-corrected chi connectivity index (χ4v) is 5.27. The zero-order valence-corrected chi connectivity index (χ0v) is 31.6. The topological polar surface area (TPSA) is 144 Å². The molecule has 12 heteroatoms. The van der Waals surface area contributed by atoms with Crippen LogP contribution in [0.25, 0.3) is 0 Å². The Hall–Kier alpha value is -4.71. The highest BCUT2D eigenvalue weighted by atomic mass is 16.5. The molecule has 4 amide bonds. The third-order valence-corrected chi connectivity index (χ3v) is 7.99. The van der Waals surface area contributed by atoms with Crippen LogP contribution in [0.5, 0.6) is 5.75 Å². The first-order valence-electron chi connectivity index (χ1n) is 17.4. The lowest BCUT2D eigenvalue weighted by Gasteiger charge is -2.33. The van der Waals surface area contributed by atoms with Crippen LogP contribution < -0.4 is 20.7 Å².